The van der Waals surface area contributed by atoms with E-state index in [9.17, 15) is 9.90 Å². The molecule has 40 heavy (non-hydrogen) atoms. The smallest absolute Gasteiger partial charge is 0.227 e. The van der Waals surface area contributed by atoms with E-state index in [0.29, 0.717) is 29.0 Å². The molecule has 0 saturated heterocycles. The summed E-state index contributed by atoms with van der Waals surface area (Å²) in [7, 11) is 3.29. The van der Waals surface area contributed by atoms with Gasteiger partial charge in [-0.05, 0) is 98.6 Å². The maximum absolute atomic E-state index is 13.3. The number of methoxy groups -OCH3 is 2. The number of amides is 1. The first kappa shape index (κ1) is 27.9. The lowest BCUT2D eigenvalue weighted by atomic mass is 9.76. The van der Waals surface area contributed by atoms with Crippen LogP contribution in [-0.4, -0.2) is 35.2 Å². The Morgan fingerprint density at radius 1 is 0.950 bits per heavy atom. The number of benzene rings is 2. The Bertz CT molecular complexity index is 1310. The van der Waals surface area contributed by atoms with Crippen molar-refractivity contribution in [1.82, 2.24) is 9.97 Å². The number of carbonyl (C=O) groups is 1. The van der Waals surface area contributed by atoms with Crippen LogP contribution in [0.2, 0.25) is 0 Å². The van der Waals surface area contributed by atoms with E-state index in [4.69, 9.17) is 9.47 Å². The van der Waals surface area contributed by atoms with Crippen LogP contribution in [0.1, 0.15) is 80.4 Å². The lowest BCUT2D eigenvalue weighted by Gasteiger charge is -2.30. The average molecular weight is 544 g/mol. The second-order valence-corrected chi connectivity index (χ2v) is 11.4. The molecule has 2 aromatic carbocycles. The van der Waals surface area contributed by atoms with Crippen molar-refractivity contribution >= 4 is 11.6 Å². The molecule has 3 aromatic rings. The quantitative estimate of drug-likeness (QED) is 0.292. The number of carbonyl (C=O) groups excluding carboxylic acids is 1. The third kappa shape index (κ3) is 6.24. The Morgan fingerprint density at radius 2 is 1.68 bits per heavy atom. The number of aryl methyl sites for hydroxylation is 1. The maximum atomic E-state index is 13.3. The maximum Gasteiger partial charge on any atom is 0.227 e. The normalized spacial score (nSPS) is 19.7. The fourth-order valence-electron chi connectivity index (χ4n) is 6.51. The summed E-state index contributed by atoms with van der Waals surface area (Å²) < 4.78 is 10.7. The zero-order chi connectivity index (χ0) is 28.1. The summed E-state index contributed by atoms with van der Waals surface area (Å²) in [4.78, 5) is 22.3. The Balaban J connectivity index is 1.39. The van der Waals surface area contributed by atoms with Crippen molar-refractivity contribution in [3.05, 3.63) is 59.4 Å². The topological polar surface area (TPSA) is 93.6 Å². The summed E-state index contributed by atoms with van der Waals surface area (Å²) in [5, 5.41) is 14.3. The van der Waals surface area contributed by atoms with E-state index in [0.717, 1.165) is 74.8 Å². The third-order valence-corrected chi connectivity index (χ3v) is 8.84. The Labute approximate surface area is 237 Å². The summed E-state index contributed by atoms with van der Waals surface area (Å²) >= 11 is 0. The molecular formula is C33H41N3O4. The molecule has 2 N–H and O–H groups in total. The van der Waals surface area contributed by atoms with E-state index in [2.05, 4.69) is 40.4 Å². The number of aromatic hydroxyl groups is 1. The zero-order valence-corrected chi connectivity index (χ0v) is 23.9. The summed E-state index contributed by atoms with van der Waals surface area (Å²) in [6.07, 6.45) is 13.6. The van der Waals surface area contributed by atoms with Crippen molar-refractivity contribution in [3.8, 4) is 28.6 Å². The number of anilines is 1. The highest BCUT2D eigenvalue weighted by molar-refractivity contribution is 5.95. The minimum Gasteiger partial charge on any atom is -0.507 e. The van der Waals surface area contributed by atoms with E-state index in [1.807, 2.05) is 6.07 Å². The minimum absolute atomic E-state index is 0.0412. The molecular weight excluding hydrogens is 502 g/mol. The highest BCUT2D eigenvalue weighted by Crippen LogP contribution is 2.42. The van der Waals surface area contributed by atoms with Gasteiger partial charge in [0.25, 0.3) is 0 Å². The first-order valence-electron chi connectivity index (χ1n) is 14.6. The summed E-state index contributed by atoms with van der Waals surface area (Å²) in [5.41, 5.74) is 4.82. The second kappa shape index (κ2) is 12.7. The van der Waals surface area contributed by atoms with Crippen molar-refractivity contribution in [1.29, 1.82) is 0 Å². The molecule has 212 valence electrons. The van der Waals surface area contributed by atoms with Crippen molar-refractivity contribution in [2.45, 2.75) is 77.0 Å². The predicted molar refractivity (Wildman–Crippen MR) is 157 cm³/mol. The molecule has 0 bridgehead atoms. The highest BCUT2D eigenvalue weighted by atomic mass is 16.5. The molecule has 7 heteroatoms. The molecule has 0 unspecified atom stereocenters. The fraction of sp³-hybridized carbons (Fsp3) is 0.485. The third-order valence-electron chi connectivity index (χ3n) is 8.84. The van der Waals surface area contributed by atoms with Gasteiger partial charge in [0.1, 0.15) is 11.5 Å². The molecule has 2 saturated carbocycles. The molecule has 0 atom stereocenters. The summed E-state index contributed by atoms with van der Waals surface area (Å²) in [5.74, 6) is 3.12. The van der Waals surface area contributed by atoms with Crippen LogP contribution in [0.3, 0.4) is 0 Å². The predicted octanol–water partition coefficient (Wildman–Crippen LogP) is 7.21. The van der Waals surface area contributed by atoms with Gasteiger partial charge in [0.15, 0.2) is 11.6 Å². The van der Waals surface area contributed by atoms with Gasteiger partial charge in [-0.25, -0.2) is 9.97 Å². The van der Waals surface area contributed by atoms with Crippen LogP contribution in [0, 0.1) is 18.8 Å². The molecule has 7 nitrogen and oxygen atoms in total. The standard InChI is InChI=1S/C33H41N3O4/c1-21-17-25(13-16-30(21)40-3)23-11-9-22(10-12-23)18-27-28(36-33(38)24-7-5-4-6-8-24)14-15-29(37)31(27)32-34-19-26(39-2)20-35-32/h13-17,19-20,22-24,37H,4-12,18H2,1-3H3,(H,36,38). The van der Waals surface area contributed by atoms with Gasteiger partial charge in [-0.15, -0.1) is 0 Å². The molecule has 0 aliphatic heterocycles. The van der Waals surface area contributed by atoms with Gasteiger partial charge in [-0.2, -0.15) is 0 Å². The molecule has 1 aromatic heterocycles. The molecule has 0 radical (unpaired) electrons. The molecule has 2 aliphatic rings. The Kier molecular flexibility index (Phi) is 8.88. The van der Waals surface area contributed by atoms with E-state index in [1.54, 1.807) is 32.7 Å². The van der Waals surface area contributed by atoms with E-state index in [-0.39, 0.29) is 17.6 Å². The second-order valence-electron chi connectivity index (χ2n) is 11.4. The largest absolute Gasteiger partial charge is 0.507 e. The van der Waals surface area contributed by atoms with Crippen LogP contribution in [0.5, 0.6) is 17.2 Å². The number of phenols is 1. The lowest BCUT2D eigenvalue weighted by Crippen LogP contribution is -2.25. The van der Waals surface area contributed by atoms with Gasteiger partial charge in [-0.1, -0.05) is 31.4 Å². The van der Waals surface area contributed by atoms with Gasteiger partial charge in [0.05, 0.1) is 32.2 Å². The Hall–Kier alpha value is -3.61. The number of nitrogens with zero attached hydrogens (tertiary/aromatic N) is 2. The SMILES string of the molecule is COc1cnc(-c2c(O)ccc(NC(=O)C3CCCCC3)c2CC2CCC(c3ccc(OC)c(C)c3)CC2)nc1. The first-order valence-corrected chi connectivity index (χ1v) is 14.6. The average Bonchev–Trinajstić information content (AvgIpc) is 2.99. The molecule has 5 rings (SSSR count). The summed E-state index contributed by atoms with van der Waals surface area (Å²) in [6, 6.07) is 10.0. The van der Waals surface area contributed by atoms with Gasteiger partial charge in [0, 0.05) is 11.6 Å². The summed E-state index contributed by atoms with van der Waals surface area (Å²) in [6.45, 7) is 2.10. The van der Waals surface area contributed by atoms with Crippen LogP contribution in [0.25, 0.3) is 11.4 Å². The minimum atomic E-state index is 0.0412. The molecule has 0 spiro atoms. The number of nitrogens with one attached hydrogen (secondary N) is 1. The number of rotatable bonds is 8. The molecule has 1 heterocycles. The fourth-order valence-corrected chi connectivity index (χ4v) is 6.51. The van der Waals surface area contributed by atoms with Crippen LogP contribution in [0.15, 0.2) is 42.7 Å². The number of hydrogen-bond acceptors (Lipinski definition) is 6. The monoisotopic (exact) mass is 543 g/mol. The van der Waals surface area contributed by atoms with Crippen LogP contribution in [0.4, 0.5) is 5.69 Å². The van der Waals surface area contributed by atoms with Gasteiger partial charge < -0.3 is 19.9 Å². The van der Waals surface area contributed by atoms with Gasteiger partial charge in [-0.3, -0.25) is 4.79 Å². The number of aromatic nitrogens is 2. The highest BCUT2D eigenvalue weighted by Gasteiger charge is 2.28. The van der Waals surface area contributed by atoms with Crippen molar-refractivity contribution in [2.24, 2.45) is 11.8 Å². The van der Waals surface area contributed by atoms with Gasteiger partial charge >= 0.3 is 0 Å². The van der Waals surface area contributed by atoms with E-state index >= 15 is 0 Å². The molecule has 2 aliphatic carbocycles. The van der Waals surface area contributed by atoms with Crippen LogP contribution >= 0.6 is 0 Å². The van der Waals surface area contributed by atoms with Crippen molar-refractivity contribution < 1.29 is 19.4 Å². The first-order chi connectivity index (χ1) is 19.5. The zero-order valence-electron chi connectivity index (χ0n) is 23.9. The van der Waals surface area contributed by atoms with Crippen LogP contribution in [-0.2, 0) is 11.2 Å². The van der Waals surface area contributed by atoms with Crippen molar-refractivity contribution in [3.63, 3.8) is 0 Å². The molecule has 1 amide bonds. The van der Waals surface area contributed by atoms with Crippen LogP contribution < -0.4 is 14.8 Å². The van der Waals surface area contributed by atoms with Gasteiger partial charge in [0.2, 0.25) is 5.91 Å². The number of ether oxygens (including phenoxy) is 2. The lowest BCUT2D eigenvalue weighted by molar-refractivity contribution is -0.120. The molecule has 2 fully saturated rings. The van der Waals surface area contributed by atoms with Crippen molar-refractivity contribution in [2.75, 3.05) is 19.5 Å². The Morgan fingerprint density at radius 3 is 2.33 bits per heavy atom. The number of hydrogen-bond donors (Lipinski definition) is 2. The van der Waals surface area contributed by atoms with E-state index < -0.39 is 0 Å². The van der Waals surface area contributed by atoms with E-state index in [1.165, 1.54) is 17.5 Å². The number of phenolic OH excluding ortho intramolecular Hbond substituents is 1.